The lowest BCUT2D eigenvalue weighted by Crippen LogP contribution is -2.02. The van der Waals surface area contributed by atoms with E-state index in [1.807, 2.05) is 55.8 Å². The van der Waals surface area contributed by atoms with E-state index < -0.39 is 0 Å². The fraction of sp³-hybridized carbons (Fsp3) is 0.160. The molecule has 3 aromatic heterocycles. The average Bonchev–Trinajstić information content (AvgIpc) is 3.19. The van der Waals surface area contributed by atoms with Crippen molar-refractivity contribution < 1.29 is 4.74 Å². The molecule has 0 saturated carbocycles. The third kappa shape index (κ3) is 4.10. The van der Waals surface area contributed by atoms with Crippen LogP contribution in [0.15, 0.2) is 61.2 Å². The van der Waals surface area contributed by atoms with Crippen molar-refractivity contribution in [2.24, 2.45) is 7.05 Å². The molecule has 0 saturated heterocycles. The molecule has 0 radical (unpaired) electrons. The molecule has 8 nitrogen and oxygen atoms in total. The average molecular weight is 438 g/mol. The van der Waals surface area contributed by atoms with Crippen molar-refractivity contribution in [2.75, 3.05) is 5.32 Å². The molecule has 2 aromatic carbocycles. The first-order chi connectivity index (χ1) is 16.0. The number of ether oxygens (including phenoxy) is 1. The van der Waals surface area contributed by atoms with Crippen molar-refractivity contribution in [3.05, 3.63) is 77.9 Å². The number of benzene rings is 2. The zero-order valence-corrected chi connectivity index (χ0v) is 18.9. The van der Waals surface area contributed by atoms with Gasteiger partial charge < -0.3 is 14.6 Å². The molecule has 0 atom stereocenters. The van der Waals surface area contributed by atoms with Gasteiger partial charge in [0, 0.05) is 18.3 Å². The summed E-state index contributed by atoms with van der Waals surface area (Å²) >= 11 is 0. The second-order valence-electron chi connectivity index (χ2n) is 8.04. The molecule has 0 bridgehead atoms. The zero-order chi connectivity index (χ0) is 22.9. The number of hydrogen-bond acceptors (Lipinski definition) is 7. The lowest BCUT2D eigenvalue weighted by molar-refractivity contribution is 0.461. The molecule has 0 amide bonds. The Balaban J connectivity index is 1.54. The smallest absolute Gasteiger partial charge is 0.252 e. The van der Waals surface area contributed by atoms with E-state index in [0.29, 0.717) is 23.0 Å². The minimum Gasteiger partial charge on any atom is -0.436 e. The second-order valence-corrected chi connectivity index (χ2v) is 8.04. The van der Waals surface area contributed by atoms with Crippen LogP contribution in [0, 0.1) is 20.8 Å². The Kier molecular flexibility index (Phi) is 5.18. The molecule has 0 aliphatic carbocycles. The van der Waals surface area contributed by atoms with Crippen molar-refractivity contribution in [1.29, 1.82) is 0 Å². The zero-order valence-electron chi connectivity index (χ0n) is 18.9. The second kappa shape index (κ2) is 8.31. The first kappa shape index (κ1) is 20.6. The number of aryl methyl sites for hydroxylation is 4. The van der Waals surface area contributed by atoms with Crippen LogP contribution in [0.1, 0.15) is 16.7 Å². The van der Waals surface area contributed by atoms with Crippen molar-refractivity contribution >= 4 is 22.8 Å². The Morgan fingerprint density at radius 2 is 1.64 bits per heavy atom. The highest BCUT2D eigenvalue weighted by atomic mass is 16.5. The lowest BCUT2D eigenvalue weighted by atomic mass is 10.0. The first-order valence-corrected chi connectivity index (χ1v) is 10.6. The molecule has 5 aromatic rings. The number of fused-ring (bicyclic) bond motifs is 1. The van der Waals surface area contributed by atoms with Gasteiger partial charge in [0.15, 0.2) is 11.2 Å². The summed E-state index contributed by atoms with van der Waals surface area (Å²) in [6.45, 7) is 6.08. The van der Waals surface area contributed by atoms with E-state index in [1.165, 1.54) is 5.56 Å². The normalized spacial score (nSPS) is 11.0. The fourth-order valence-corrected chi connectivity index (χ4v) is 3.71. The van der Waals surface area contributed by atoms with E-state index in [2.05, 4.69) is 49.5 Å². The number of nitrogens with one attached hydrogen (secondary N) is 1. The summed E-state index contributed by atoms with van der Waals surface area (Å²) < 4.78 is 8.21. The Morgan fingerprint density at radius 3 is 2.33 bits per heavy atom. The van der Waals surface area contributed by atoms with Gasteiger partial charge in [-0.25, -0.2) is 4.98 Å². The molecule has 0 spiro atoms. The van der Waals surface area contributed by atoms with Crippen LogP contribution in [0.25, 0.3) is 22.3 Å². The molecule has 33 heavy (non-hydrogen) atoms. The third-order valence-corrected chi connectivity index (χ3v) is 5.41. The van der Waals surface area contributed by atoms with Crippen molar-refractivity contribution in [1.82, 2.24) is 29.7 Å². The number of nitrogens with zero attached hydrogens (tertiary/aromatic N) is 6. The summed E-state index contributed by atoms with van der Waals surface area (Å²) in [5, 5.41) is 11.1. The largest absolute Gasteiger partial charge is 0.436 e. The molecule has 3 heterocycles. The summed E-state index contributed by atoms with van der Waals surface area (Å²) in [4.78, 5) is 13.8. The SMILES string of the molecule is Cc1ccc(Nc2nc(Oc3c(C)cc(-c4ccnnc4)cc3C)c3ncn(C)c3n2)cc1. The molecule has 0 aliphatic rings. The maximum Gasteiger partial charge on any atom is 0.252 e. The van der Waals surface area contributed by atoms with Gasteiger partial charge in [-0.15, -0.1) is 0 Å². The summed E-state index contributed by atoms with van der Waals surface area (Å²) in [6.07, 6.45) is 5.15. The molecule has 0 fully saturated rings. The summed E-state index contributed by atoms with van der Waals surface area (Å²) in [7, 11) is 1.90. The van der Waals surface area contributed by atoms with Crippen molar-refractivity contribution in [3.63, 3.8) is 0 Å². The molecule has 0 unspecified atom stereocenters. The van der Waals surface area contributed by atoms with E-state index in [0.717, 1.165) is 33.7 Å². The summed E-state index contributed by atoms with van der Waals surface area (Å²) in [6, 6.07) is 14.1. The van der Waals surface area contributed by atoms with Gasteiger partial charge in [0.25, 0.3) is 5.88 Å². The molecular weight excluding hydrogens is 414 g/mol. The van der Waals surface area contributed by atoms with E-state index in [1.54, 1.807) is 18.7 Å². The number of anilines is 2. The highest BCUT2D eigenvalue weighted by Gasteiger charge is 2.17. The van der Waals surface area contributed by atoms with Gasteiger partial charge in [0.2, 0.25) is 5.95 Å². The molecule has 164 valence electrons. The van der Waals surface area contributed by atoms with Gasteiger partial charge in [0.05, 0.1) is 18.7 Å². The number of rotatable bonds is 5. The summed E-state index contributed by atoms with van der Waals surface area (Å²) in [5.74, 6) is 1.59. The van der Waals surface area contributed by atoms with Crippen molar-refractivity contribution in [2.45, 2.75) is 20.8 Å². The van der Waals surface area contributed by atoms with Gasteiger partial charge in [-0.2, -0.15) is 20.2 Å². The monoisotopic (exact) mass is 437 g/mol. The van der Waals surface area contributed by atoms with Gasteiger partial charge in [-0.3, -0.25) is 0 Å². The molecular formula is C25H23N7O. The third-order valence-electron chi connectivity index (χ3n) is 5.41. The van der Waals surface area contributed by atoms with Crippen LogP contribution in [0.3, 0.4) is 0 Å². The highest BCUT2D eigenvalue weighted by molar-refractivity contribution is 5.79. The number of aromatic nitrogens is 6. The van der Waals surface area contributed by atoms with Gasteiger partial charge in [-0.1, -0.05) is 17.7 Å². The lowest BCUT2D eigenvalue weighted by Gasteiger charge is -2.14. The molecule has 0 aliphatic heterocycles. The van der Waals surface area contributed by atoms with Gasteiger partial charge in [-0.05, 0) is 67.8 Å². The van der Waals surface area contributed by atoms with Crippen LogP contribution < -0.4 is 10.1 Å². The Morgan fingerprint density at radius 1 is 0.879 bits per heavy atom. The van der Waals surface area contributed by atoms with Crippen molar-refractivity contribution in [3.8, 4) is 22.8 Å². The predicted molar refractivity (Wildman–Crippen MR) is 128 cm³/mol. The number of hydrogen-bond donors (Lipinski definition) is 1. The van der Waals surface area contributed by atoms with Crippen LogP contribution >= 0.6 is 0 Å². The van der Waals surface area contributed by atoms with Crippen LogP contribution in [0.2, 0.25) is 0 Å². The number of imidazole rings is 1. The quantitative estimate of drug-likeness (QED) is 0.400. The standard InChI is InChI=1S/C25H23N7O/c1-15-5-7-20(8-6-15)29-25-30-23-21(26-14-32(23)4)24(31-25)33-22-16(2)11-19(12-17(22)3)18-9-10-27-28-13-18/h5-14H,1-4H3,(H,29,30,31). The Hall–Kier alpha value is -4.33. The maximum atomic E-state index is 6.36. The topological polar surface area (TPSA) is 90.6 Å². The summed E-state index contributed by atoms with van der Waals surface area (Å²) in [5.41, 5.74) is 7.40. The van der Waals surface area contributed by atoms with E-state index in [4.69, 9.17) is 4.74 Å². The van der Waals surface area contributed by atoms with Crippen LogP contribution in [-0.4, -0.2) is 29.7 Å². The predicted octanol–water partition coefficient (Wildman–Crippen LogP) is 5.28. The van der Waals surface area contributed by atoms with E-state index >= 15 is 0 Å². The van der Waals surface area contributed by atoms with Gasteiger partial charge >= 0.3 is 0 Å². The molecule has 1 N–H and O–H groups in total. The van der Waals surface area contributed by atoms with Crippen LogP contribution in [0.5, 0.6) is 11.6 Å². The minimum absolute atomic E-state index is 0.403. The van der Waals surface area contributed by atoms with Crippen LogP contribution in [0.4, 0.5) is 11.6 Å². The Bertz CT molecular complexity index is 1420. The molecule has 5 rings (SSSR count). The highest BCUT2D eigenvalue weighted by Crippen LogP contribution is 2.35. The maximum absolute atomic E-state index is 6.36. The van der Waals surface area contributed by atoms with E-state index in [9.17, 15) is 0 Å². The van der Waals surface area contributed by atoms with Crippen LogP contribution in [-0.2, 0) is 7.05 Å². The van der Waals surface area contributed by atoms with Gasteiger partial charge in [0.1, 0.15) is 5.75 Å². The fourth-order valence-electron chi connectivity index (χ4n) is 3.71. The first-order valence-electron chi connectivity index (χ1n) is 10.6. The Labute approximate surface area is 191 Å². The minimum atomic E-state index is 0.403. The van der Waals surface area contributed by atoms with E-state index in [-0.39, 0.29) is 0 Å². The molecule has 8 heteroatoms.